The predicted octanol–water partition coefficient (Wildman–Crippen LogP) is 0.387. The molecule has 1 N–H and O–H groups in total. The van der Waals surface area contributed by atoms with Crippen LogP contribution in [0.25, 0.3) is 0 Å². The van der Waals surface area contributed by atoms with Gasteiger partial charge < -0.3 is 9.29 Å². The van der Waals surface area contributed by atoms with E-state index in [-0.39, 0.29) is 5.25 Å². The second kappa shape index (κ2) is 3.29. The molecule has 1 aliphatic rings. The summed E-state index contributed by atoms with van der Waals surface area (Å²) in [6, 6.07) is 0. The molecule has 0 radical (unpaired) electrons. The van der Waals surface area contributed by atoms with Gasteiger partial charge in [0.1, 0.15) is 0 Å². The van der Waals surface area contributed by atoms with Gasteiger partial charge in [0.05, 0.1) is 5.25 Å². The van der Waals surface area contributed by atoms with Crippen LogP contribution in [0.2, 0.25) is 0 Å². The molecule has 1 unspecified atom stereocenters. The molecule has 0 aliphatic carbocycles. The molecule has 0 amide bonds. The topological polar surface area (TPSA) is 46.5 Å². The van der Waals surface area contributed by atoms with Crippen LogP contribution in [0.1, 0.15) is 12.8 Å². The van der Waals surface area contributed by atoms with Gasteiger partial charge in [-0.05, 0) is 12.8 Å². The molecule has 0 aromatic rings. The van der Waals surface area contributed by atoms with E-state index in [0.29, 0.717) is 13.2 Å². The van der Waals surface area contributed by atoms with Gasteiger partial charge in [0.25, 0.3) is 0 Å². The van der Waals surface area contributed by atoms with E-state index in [9.17, 15) is 4.21 Å². The lowest BCUT2D eigenvalue weighted by atomic mass is 10.2. The highest BCUT2D eigenvalue weighted by atomic mass is 32.2. The van der Waals surface area contributed by atoms with Crippen molar-refractivity contribution in [3.8, 4) is 0 Å². The van der Waals surface area contributed by atoms with Crippen LogP contribution in [-0.2, 0) is 15.8 Å². The standard InChI is InChI=1S/C5H10O3S/c6-9(7)5-1-3-8-4-2-5/h5H,1-4H2,(H,6,7). The van der Waals surface area contributed by atoms with Crippen molar-refractivity contribution in [2.45, 2.75) is 18.1 Å². The van der Waals surface area contributed by atoms with E-state index in [2.05, 4.69) is 0 Å². The van der Waals surface area contributed by atoms with E-state index >= 15 is 0 Å². The van der Waals surface area contributed by atoms with E-state index in [1.165, 1.54) is 0 Å². The highest BCUT2D eigenvalue weighted by Gasteiger charge is 2.17. The smallest absolute Gasteiger partial charge is 0.156 e. The second-order valence-corrected chi connectivity index (χ2v) is 3.31. The Bertz CT molecular complexity index is 109. The molecule has 0 saturated carbocycles. The molecule has 3 nitrogen and oxygen atoms in total. The Labute approximate surface area is 56.7 Å². The van der Waals surface area contributed by atoms with Crippen molar-refractivity contribution in [3.05, 3.63) is 0 Å². The third kappa shape index (κ3) is 2.04. The molecule has 1 aliphatic heterocycles. The molecule has 9 heavy (non-hydrogen) atoms. The number of rotatable bonds is 1. The van der Waals surface area contributed by atoms with Gasteiger partial charge in [0.15, 0.2) is 11.1 Å². The third-order valence-electron chi connectivity index (χ3n) is 1.45. The van der Waals surface area contributed by atoms with Crippen molar-refractivity contribution < 1.29 is 13.5 Å². The maximum absolute atomic E-state index is 10.4. The molecule has 1 fully saturated rings. The minimum absolute atomic E-state index is 0.0428. The average Bonchev–Trinajstić information content (AvgIpc) is 1.90. The summed E-state index contributed by atoms with van der Waals surface area (Å²) in [5.74, 6) is 0. The molecule has 1 rings (SSSR count). The maximum Gasteiger partial charge on any atom is 0.156 e. The summed E-state index contributed by atoms with van der Waals surface area (Å²) in [6.07, 6.45) is 1.45. The lowest BCUT2D eigenvalue weighted by molar-refractivity contribution is 0.0981. The summed E-state index contributed by atoms with van der Waals surface area (Å²) in [4.78, 5) is 0. The van der Waals surface area contributed by atoms with Gasteiger partial charge in [-0.25, -0.2) is 4.21 Å². The van der Waals surface area contributed by atoms with Gasteiger partial charge in [-0.2, -0.15) is 0 Å². The van der Waals surface area contributed by atoms with Crippen LogP contribution >= 0.6 is 0 Å². The van der Waals surface area contributed by atoms with Gasteiger partial charge in [0.2, 0.25) is 0 Å². The summed E-state index contributed by atoms with van der Waals surface area (Å²) in [5, 5.41) is -0.0428. The van der Waals surface area contributed by atoms with Crippen LogP contribution in [0.5, 0.6) is 0 Å². The molecule has 1 saturated heterocycles. The van der Waals surface area contributed by atoms with Gasteiger partial charge in [-0.15, -0.1) is 0 Å². The number of hydrogen-bond acceptors (Lipinski definition) is 2. The zero-order chi connectivity index (χ0) is 6.69. The highest BCUT2D eigenvalue weighted by molar-refractivity contribution is 7.79. The Kier molecular flexibility index (Phi) is 2.63. The average molecular weight is 150 g/mol. The maximum atomic E-state index is 10.4. The Balaban J connectivity index is 2.31. The summed E-state index contributed by atoms with van der Waals surface area (Å²) < 4.78 is 24.0. The molecule has 1 atom stereocenters. The predicted molar refractivity (Wildman–Crippen MR) is 34.6 cm³/mol. The normalized spacial score (nSPS) is 25.9. The molecule has 0 aromatic carbocycles. The van der Waals surface area contributed by atoms with Crippen LogP contribution < -0.4 is 0 Å². The van der Waals surface area contributed by atoms with E-state index in [1.807, 2.05) is 0 Å². The number of ether oxygens (including phenoxy) is 1. The minimum atomic E-state index is -1.63. The lowest BCUT2D eigenvalue weighted by Gasteiger charge is -2.17. The monoisotopic (exact) mass is 150 g/mol. The number of hydrogen-bond donors (Lipinski definition) is 1. The molecular weight excluding hydrogens is 140 g/mol. The Morgan fingerprint density at radius 3 is 2.33 bits per heavy atom. The second-order valence-electron chi connectivity index (χ2n) is 2.09. The van der Waals surface area contributed by atoms with Gasteiger partial charge in [-0.1, -0.05) is 0 Å². The van der Waals surface area contributed by atoms with E-state index in [0.717, 1.165) is 12.8 Å². The molecule has 1 heterocycles. The Morgan fingerprint density at radius 2 is 2.00 bits per heavy atom. The van der Waals surface area contributed by atoms with E-state index in [1.54, 1.807) is 0 Å². The van der Waals surface area contributed by atoms with Crippen LogP contribution in [0.15, 0.2) is 0 Å². The minimum Gasteiger partial charge on any atom is -0.381 e. The van der Waals surface area contributed by atoms with Crippen LogP contribution in [0.3, 0.4) is 0 Å². The van der Waals surface area contributed by atoms with Crippen molar-refractivity contribution in [2.75, 3.05) is 13.2 Å². The molecule has 0 spiro atoms. The highest BCUT2D eigenvalue weighted by Crippen LogP contribution is 2.10. The molecule has 0 bridgehead atoms. The first kappa shape index (κ1) is 7.18. The SMILES string of the molecule is O=S(O)C1CCOCC1. The first-order valence-corrected chi connectivity index (χ1v) is 4.15. The van der Waals surface area contributed by atoms with Crippen molar-refractivity contribution in [1.29, 1.82) is 0 Å². The van der Waals surface area contributed by atoms with Crippen molar-refractivity contribution in [3.63, 3.8) is 0 Å². The van der Waals surface area contributed by atoms with E-state index < -0.39 is 11.1 Å². The van der Waals surface area contributed by atoms with Gasteiger partial charge in [0, 0.05) is 13.2 Å². The zero-order valence-electron chi connectivity index (χ0n) is 5.08. The molecule has 54 valence electrons. The fourth-order valence-corrected chi connectivity index (χ4v) is 1.47. The molecule has 4 heteroatoms. The summed E-state index contributed by atoms with van der Waals surface area (Å²) in [5.41, 5.74) is 0. The summed E-state index contributed by atoms with van der Waals surface area (Å²) >= 11 is -1.63. The van der Waals surface area contributed by atoms with Gasteiger partial charge in [-0.3, -0.25) is 0 Å². The zero-order valence-corrected chi connectivity index (χ0v) is 5.89. The van der Waals surface area contributed by atoms with Crippen molar-refractivity contribution in [2.24, 2.45) is 0 Å². The van der Waals surface area contributed by atoms with Crippen LogP contribution in [0, 0.1) is 0 Å². The largest absolute Gasteiger partial charge is 0.381 e. The first-order valence-electron chi connectivity index (χ1n) is 2.98. The Hall–Kier alpha value is 0.0700. The lowest BCUT2D eigenvalue weighted by Crippen LogP contribution is -2.24. The fraction of sp³-hybridized carbons (Fsp3) is 1.00. The molecule has 0 aromatic heterocycles. The van der Waals surface area contributed by atoms with Crippen molar-refractivity contribution in [1.82, 2.24) is 0 Å². The van der Waals surface area contributed by atoms with Gasteiger partial charge >= 0.3 is 0 Å². The quantitative estimate of drug-likeness (QED) is 0.550. The fourth-order valence-electron chi connectivity index (χ4n) is 0.878. The van der Waals surface area contributed by atoms with Crippen LogP contribution in [0.4, 0.5) is 0 Å². The summed E-state index contributed by atoms with van der Waals surface area (Å²) in [6.45, 7) is 1.27. The Morgan fingerprint density at radius 1 is 1.44 bits per heavy atom. The summed E-state index contributed by atoms with van der Waals surface area (Å²) in [7, 11) is 0. The van der Waals surface area contributed by atoms with Crippen LogP contribution in [-0.4, -0.2) is 27.2 Å². The molecular formula is C5H10O3S. The first-order chi connectivity index (χ1) is 4.30. The van der Waals surface area contributed by atoms with E-state index in [4.69, 9.17) is 9.29 Å². The third-order valence-corrected chi connectivity index (χ3v) is 2.50. The van der Waals surface area contributed by atoms with Crippen molar-refractivity contribution >= 4 is 11.1 Å².